The molecule has 0 saturated carbocycles. The first kappa shape index (κ1) is 17.0. The Morgan fingerprint density at radius 2 is 1.32 bits per heavy atom. The summed E-state index contributed by atoms with van der Waals surface area (Å²) in [6.07, 6.45) is 1.65. The maximum atomic E-state index is 4.48. The topological polar surface area (TPSA) is 32.3 Å². The van der Waals surface area contributed by atoms with Crippen LogP contribution in [0.4, 0.5) is 11.6 Å². The summed E-state index contributed by atoms with van der Waals surface area (Å²) < 4.78 is 0. The Morgan fingerprint density at radius 1 is 0.760 bits per heavy atom. The van der Waals surface area contributed by atoms with Crippen LogP contribution in [0.5, 0.6) is 0 Å². The number of hydrogen-bond acceptors (Lipinski definition) is 4. The van der Waals surface area contributed by atoms with Crippen LogP contribution in [0.15, 0.2) is 73.1 Å². The summed E-state index contributed by atoms with van der Waals surface area (Å²) in [6, 6.07) is 23.0. The minimum atomic E-state index is 0.822. The second kappa shape index (κ2) is 8.29. The number of aromatic nitrogens is 2. The summed E-state index contributed by atoms with van der Waals surface area (Å²) in [5, 5.41) is 0. The Bertz CT molecular complexity index is 774. The van der Waals surface area contributed by atoms with Crippen molar-refractivity contribution in [1.29, 1.82) is 0 Å². The third-order valence-electron chi connectivity index (χ3n) is 4.21. The molecule has 0 aliphatic carbocycles. The minimum absolute atomic E-state index is 0.822. The molecular weight excluding hydrogens is 308 g/mol. The molecule has 3 aromatic rings. The summed E-state index contributed by atoms with van der Waals surface area (Å²) in [4.78, 5) is 13.3. The van der Waals surface area contributed by atoms with Crippen molar-refractivity contribution in [3.05, 3.63) is 84.2 Å². The van der Waals surface area contributed by atoms with Crippen LogP contribution in [-0.2, 0) is 13.1 Å². The van der Waals surface area contributed by atoms with Gasteiger partial charge in [0.15, 0.2) is 0 Å². The number of rotatable bonds is 7. The molecular formula is C21H24N4. The first-order chi connectivity index (χ1) is 12.3. The van der Waals surface area contributed by atoms with Crippen LogP contribution in [0.1, 0.15) is 18.1 Å². The van der Waals surface area contributed by atoms with Crippen LogP contribution in [0, 0.1) is 0 Å². The lowest BCUT2D eigenvalue weighted by Gasteiger charge is -2.24. The van der Waals surface area contributed by atoms with Crippen LogP contribution in [0.25, 0.3) is 0 Å². The van der Waals surface area contributed by atoms with Gasteiger partial charge in [0.25, 0.3) is 0 Å². The van der Waals surface area contributed by atoms with E-state index in [9.17, 15) is 0 Å². The van der Waals surface area contributed by atoms with Gasteiger partial charge in [-0.25, -0.2) is 9.97 Å². The van der Waals surface area contributed by atoms with Gasteiger partial charge in [-0.15, -0.1) is 0 Å². The largest absolute Gasteiger partial charge is 0.355 e. The van der Waals surface area contributed by atoms with E-state index >= 15 is 0 Å². The molecule has 0 amide bonds. The second-order valence-electron chi connectivity index (χ2n) is 6.08. The van der Waals surface area contributed by atoms with Gasteiger partial charge in [0, 0.05) is 32.7 Å². The van der Waals surface area contributed by atoms with E-state index in [-0.39, 0.29) is 0 Å². The van der Waals surface area contributed by atoms with E-state index in [1.54, 1.807) is 6.33 Å². The van der Waals surface area contributed by atoms with E-state index in [0.717, 1.165) is 31.3 Å². The van der Waals surface area contributed by atoms with Crippen molar-refractivity contribution in [1.82, 2.24) is 9.97 Å². The molecule has 0 fully saturated rings. The van der Waals surface area contributed by atoms with Crippen molar-refractivity contribution in [2.45, 2.75) is 20.0 Å². The molecule has 0 unspecified atom stereocenters. The average Bonchev–Trinajstić information content (AvgIpc) is 2.68. The molecule has 0 aliphatic heterocycles. The van der Waals surface area contributed by atoms with Crippen molar-refractivity contribution < 1.29 is 0 Å². The van der Waals surface area contributed by atoms with Gasteiger partial charge in [-0.1, -0.05) is 60.7 Å². The van der Waals surface area contributed by atoms with E-state index in [1.807, 2.05) is 12.1 Å². The first-order valence-corrected chi connectivity index (χ1v) is 8.62. The lowest BCUT2D eigenvalue weighted by molar-refractivity contribution is 0.804. The summed E-state index contributed by atoms with van der Waals surface area (Å²) in [7, 11) is 2.06. The molecule has 0 saturated heterocycles. The number of anilines is 2. The molecule has 4 nitrogen and oxygen atoms in total. The molecule has 0 spiro atoms. The highest BCUT2D eigenvalue weighted by molar-refractivity contribution is 5.50. The van der Waals surface area contributed by atoms with Crippen molar-refractivity contribution in [3.63, 3.8) is 0 Å². The SMILES string of the molecule is CCN(Cc1ccccc1)c1cc(N(C)Cc2ccccc2)ncn1. The maximum Gasteiger partial charge on any atom is 0.134 e. The molecule has 1 heterocycles. The van der Waals surface area contributed by atoms with E-state index in [4.69, 9.17) is 0 Å². The Morgan fingerprint density at radius 3 is 1.92 bits per heavy atom. The predicted molar refractivity (Wildman–Crippen MR) is 104 cm³/mol. The highest BCUT2D eigenvalue weighted by Gasteiger charge is 2.10. The third kappa shape index (κ3) is 4.57. The van der Waals surface area contributed by atoms with E-state index in [0.29, 0.717) is 0 Å². The highest BCUT2D eigenvalue weighted by Crippen LogP contribution is 2.20. The lowest BCUT2D eigenvalue weighted by Crippen LogP contribution is -2.24. The molecule has 128 valence electrons. The molecule has 0 radical (unpaired) electrons. The van der Waals surface area contributed by atoms with Crippen molar-refractivity contribution in [2.75, 3.05) is 23.4 Å². The molecule has 0 bridgehead atoms. The summed E-state index contributed by atoms with van der Waals surface area (Å²) in [5.74, 6) is 1.89. The van der Waals surface area contributed by atoms with Gasteiger partial charge in [0.05, 0.1) is 0 Å². The first-order valence-electron chi connectivity index (χ1n) is 8.62. The minimum Gasteiger partial charge on any atom is -0.355 e. The molecule has 4 heteroatoms. The fraction of sp³-hybridized carbons (Fsp3) is 0.238. The molecule has 3 rings (SSSR count). The third-order valence-corrected chi connectivity index (χ3v) is 4.21. The van der Waals surface area contributed by atoms with E-state index in [2.05, 4.69) is 88.3 Å². The van der Waals surface area contributed by atoms with Crippen molar-refractivity contribution in [2.24, 2.45) is 0 Å². The van der Waals surface area contributed by atoms with Crippen LogP contribution < -0.4 is 9.80 Å². The van der Waals surface area contributed by atoms with Crippen LogP contribution in [0.2, 0.25) is 0 Å². The quantitative estimate of drug-likeness (QED) is 0.651. The number of nitrogens with zero attached hydrogens (tertiary/aromatic N) is 4. The molecule has 25 heavy (non-hydrogen) atoms. The zero-order valence-corrected chi connectivity index (χ0v) is 14.8. The summed E-state index contributed by atoms with van der Waals surface area (Å²) >= 11 is 0. The molecule has 1 aromatic heterocycles. The average molecular weight is 332 g/mol. The van der Waals surface area contributed by atoms with Crippen LogP contribution in [0.3, 0.4) is 0 Å². The summed E-state index contributed by atoms with van der Waals surface area (Å²) in [6.45, 7) is 4.71. The normalized spacial score (nSPS) is 10.5. The number of hydrogen-bond donors (Lipinski definition) is 0. The van der Waals surface area contributed by atoms with Gasteiger partial charge >= 0.3 is 0 Å². The van der Waals surface area contributed by atoms with Crippen molar-refractivity contribution >= 4 is 11.6 Å². The van der Waals surface area contributed by atoms with Gasteiger partial charge in [0.2, 0.25) is 0 Å². The van der Waals surface area contributed by atoms with Gasteiger partial charge in [-0.05, 0) is 18.1 Å². The second-order valence-corrected chi connectivity index (χ2v) is 6.08. The molecule has 0 atom stereocenters. The van der Waals surface area contributed by atoms with Crippen LogP contribution >= 0.6 is 0 Å². The summed E-state index contributed by atoms with van der Waals surface area (Å²) in [5.41, 5.74) is 2.55. The van der Waals surface area contributed by atoms with Gasteiger partial charge in [0.1, 0.15) is 18.0 Å². The Labute approximate surface area is 149 Å². The maximum absolute atomic E-state index is 4.48. The Balaban J connectivity index is 1.75. The standard InChI is InChI=1S/C21H24N4/c1-3-25(16-19-12-8-5-9-13-19)21-14-20(22-17-23-21)24(2)15-18-10-6-4-7-11-18/h4-14,17H,3,15-16H2,1-2H3. The van der Waals surface area contributed by atoms with Gasteiger partial charge in [-0.3, -0.25) is 0 Å². The number of benzene rings is 2. The predicted octanol–water partition coefficient (Wildman–Crippen LogP) is 4.14. The monoisotopic (exact) mass is 332 g/mol. The highest BCUT2D eigenvalue weighted by atomic mass is 15.2. The van der Waals surface area contributed by atoms with Crippen molar-refractivity contribution in [3.8, 4) is 0 Å². The fourth-order valence-corrected chi connectivity index (χ4v) is 2.82. The Kier molecular flexibility index (Phi) is 5.62. The van der Waals surface area contributed by atoms with Gasteiger partial charge in [-0.2, -0.15) is 0 Å². The smallest absolute Gasteiger partial charge is 0.134 e. The lowest BCUT2D eigenvalue weighted by atomic mass is 10.2. The fourth-order valence-electron chi connectivity index (χ4n) is 2.82. The molecule has 0 N–H and O–H groups in total. The van der Waals surface area contributed by atoms with Crippen LogP contribution in [-0.4, -0.2) is 23.6 Å². The zero-order chi connectivity index (χ0) is 17.5. The Hall–Kier alpha value is -2.88. The zero-order valence-electron chi connectivity index (χ0n) is 14.8. The van der Waals surface area contributed by atoms with E-state index in [1.165, 1.54) is 11.1 Å². The van der Waals surface area contributed by atoms with Gasteiger partial charge < -0.3 is 9.80 Å². The molecule has 0 aliphatic rings. The van der Waals surface area contributed by atoms with E-state index < -0.39 is 0 Å². The molecule has 2 aromatic carbocycles.